The summed E-state index contributed by atoms with van der Waals surface area (Å²) in [4.78, 5) is 39.6. The zero-order chi connectivity index (χ0) is 25.7. The highest BCUT2D eigenvalue weighted by molar-refractivity contribution is 6.03. The van der Waals surface area contributed by atoms with Crippen LogP contribution in [0.15, 0.2) is 65.8 Å². The summed E-state index contributed by atoms with van der Waals surface area (Å²) in [5.74, 6) is -0.185. The summed E-state index contributed by atoms with van der Waals surface area (Å²) >= 11 is 0. The third kappa shape index (κ3) is 11.6. The van der Waals surface area contributed by atoms with Crippen LogP contribution >= 0.6 is 0 Å². The van der Waals surface area contributed by atoms with Gasteiger partial charge >= 0.3 is 0 Å². The molecule has 2 rings (SSSR count). The van der Waals surface area contributed by atoms with Crippen molar-refractivity contribution in [3.05, 3.63) is 71.8 Å². The SMILES string of the molecule is CCCC(=O)C/C(CCC(=O)N(Cc1ccccc1)Cc1ccccc1)=N/NC(=O)C[N+](C)(C)C. The maximum absolute atomic E-state index is 13.3. The van der Waals surface area contributed by atoms with Gasteiger partial charge in [-0.3, -0.25) is 14.4 Å². The van der Waals surface area contributed by atoms with Gasteiger partial charge in [-0.25, -0.2) is 5.43 Å². The van der Waals surface area contributed by atoms with E-state index >= 15 is 0 Å². The number of nitrogens with one attached hydrogen (secondary N) is 1. The first-order chi connectivity index (χ1) is 16.7. The van der Waals surface area contributed by atoms with E-state index in [2.05, 4.69) is 10.5 Å². The molecule has 35 heavy (non-hydrogen) atoms. The van der Waals surface area contributed by atoms with Crippen LogP contribution in [0.3, 0.4) is 0 Å². The predicted molar refractivity (Wildman–Crippen MR) is 139 cm³/mol. The molecule has 0 saturated heterocycles. The molecule has 2 amide bonds. The molecule has 0 atom stereocenters. The Labute approximate surface area is 209 Å². The van der Waals surface area contributed by atoms with Crippen LogP contribution in [0, 0.1) is 0 Å². The van der Waals surface area contributed by atoms with Gasteiger partial charge in [0.15, 0.2) is 6.54 Å². The smallest absolute Gasteiger partial charge is 0.295 e. The molecule has 0 heterocycles. The van der Waals surface area contributed by atoms with Crippen molar-refractivity contribution in [2.24, 2.45) is 5.10 Å². The summed E-state index contributed by atoms with van der Waals surface area (Å²) in [6.45, 7) is 3.21. The first-order valence-electron chi connectivity index (χ1n) is 12.2. The molecule has 0 saturated carbocycles. The summed E-state index contributed by atoms with van der Waals surface area (Å²) in [7, 11) is 5.76. The predicted octanol–water partition coefficient (Wildman–Crippen LogP) is 3.93. The molecule has 0 fully saturated rings. The Balaban J connectivity index is 2.11. The van der Waals surface area contributed by atoms with Crippen molar-refractivity contribution in [1.29, 1.82) is 0 Å². The maximum Gasteiger partial charge on any atom is 0.295 e. The molecule has 0 aliphatic heterocycles. The molecule has 0 aliphatic carbocycles. The third-order valence-electron chi connectivity index (χ3n) is 5.30. The zero-order valence-corrected chi connectivity index (χ0v) is 21.5. The van der Waals surface area contributed by atoms with E-state index in [0.717, 1.165) is 17.5 Å². The van der Waals surface area contributed by atoms with E-state index in [0.29, 0.717) is 36.1 Å². The van der Waals surface area contributed by atoms with Crippen molar-refractivity contribution >= 4 is 23.3 Å². The quantitative estimate of drug-likeness (QED) is 0.253. The molecule has 0 bridgehead atoms. The summed E-state index contributed by atoms with van der Waals surface area (Å²) in [6.07, 6.45) is 1.88. The van der Waals surface area contributed by atoms with Crippen LogP contribution in [0.5, 0.6) is 0 Å². The lowest BCUT2D eigenvalue weighted by atomic mass is 10.0. The minimum absolute atomic E-state index is 0.0222. The van der Waals surface area contributed by atoms with Crippen LogP contribution in [0.4, 0.5) is 0 Å². The van der Waals surface area contributed by atoms with E-state index < -0.39 is 0 Å². The number of likely N-dealkylation sites (N-methyl/N-ethyl adjacent to an activating group) is 1. The number of amides is 2. The molecular formula is C28H39N4O3+. The van der Waals surface area contributed by atoms with Gasteiger partial charge in [0, 0.05) is 38.1 Å². The van der Waals surface area contributed by atoms with Crippen molar-refractivity contribution in [3.8, 4) is 0 Å². The van der Waals surface area contributed by atoms with Gasteiger partial charge in [-0.15, -0.1) is 0 Å². The number of hydrogen-bond acceptors (Lipinski definition) is 4. The van der Waals surface area contributed by atoms with Gasteiger partial charge in [0.2, 0.25) is 5.91 Å². The second kappa shape index (κ2) is 14.2. The Bertz CT molecular complexity index is 941. The van der Waals surface area contributed by atoms with Crippen molar-refractivity contribution in [2.45, 2.75) is 52.1 Å². The molecule has 188 valence electrons. The fourth-order valence-electron chi connectivity index (χ4n) is 3.64. The molecule has 0 radical (unpaired) electrons. The summed E-state index contributed by atoms with van der Waals surface area (Å²) in [5, 5.41) is 4.24. The number of hydrazone groups is 1. The Morgan fingerprint density at radius 3 is 1.86 bits per heavy atom. The summed E-state index contributed by atoms with van der Waals surface area (Å²) in [5.41, 5.74) is 5.21. The molecule has 0 aromatic heterocycles. The fourth-order valence-corrected chi connectivity index (χ4v) is 3.64. The Morgan fingerprint density at radius 1 is 0.829 bits per heavy atom. The molecule has 0 aliphatic rings. The van der Waals surface area contributed by atoms with Gasteiger partial charge in [-0.2, -0.15) is 5.10 Å². The van der Waals surface area contributed by atoms with E-state index in [1.807, 2.05) is 93.6 Å². The number of benzene rings is 2. The Morgan fingerprint density at radius 2 is 1.37 bits per heavy atom. The molecule has 0 spiro atoms. The standard InChI is InChI=1S/C28H38N4O3/c1-5-12-26(33)19-25(29-30-27(34)22-32(2,3)4)17-18-28(35)31(20-23-13-8-6-9-14-23)21-24-15-10-7-11-16-24/h6-11,13-16H,5,12,17-22H2,1-4H3/p+1/b29-25+. The molecule has 7 nitrogen and oxygen atoms in total. The van der Waals surface area contributed by atoms with E-state index in [1.54, 1.807) is 0 Å². The maximum atomic E-state index is 13.3. The number of carbonyl (C=O) groups is 3. The summed E-state index contributed by atoms with van der Waals surface area (Å²) in [6, 6.07) is 19.8. The highest BCUT2D eigenvalue weighted by atomic mass is 16.2. The van der Waals surface area contributed by atoms with Gasteiger partial charge in [-0.1, -0.05) is 67.6 Å². The number of nitrogens with zero attached hydrogens (tertiary/aromatic N) is 3. The number of ketones is 1. The minimum atomic E-state index is -0.223. The normalized spacial score (nSPS) is 11.7. The largest absolute Gasteiger partial charge is 0.334 e. The number of rotatable bonds is 14. The lowest BCUT2D eigenvalue weighted by Gasteiger charge is -2.23. The fraction of sp³-hybridized carbons (Fsp3) is 0.429. The second-order valence-electron chi connectivity index (χ2n) is 9.85. The minimum Gasteiger partial charge on any atom is -0.334 e. The molecule has 2 aromatic carbocycles. The highest BCUT2D eigenvalue weighted by Crippen LogP contribution is 2.13. The van der Waals surface area contributed by atoms with Crippen LogP contribution in [0.25, 0.3) is 0 Å². The molecule has 0 unspecified atom stereocenters. The number of quaternary nitrogens is 1. The van der Waals surface area contributed by atoms with Crippen LogP contribution in [0.1, 0.15) is 50.2 Å². The first kappa shape index (κ1) is 27.9. The Hall–Kier alpha value is -3.32. The third-order valence-corrected chi connectivity index (χ3v) is 5.30. The highest BCUT2D eigenvalue weighted by Gasteiger charge is 2.18. The number of carbonyl (C=O) groups excluding carboxylic acids is 3. The monoisotopic (exact) mass is 479 g/mol. The average molecular weight is 480 g/mol. The van der Waals surface area contributed by atoms with Crippen LogP contribution < -0.4 is 5.43 Å². The second-order valence-corrected chi connectivity index (χ2v) is 9.85. The van der Waals surface area contributed by atoms with Crippen LogP contribution in [-0.4, -0.2) is 60.4 Å². The molecule has 1 N–H and O–H groups in total. The van der Waals surface area contributed by atoms with Crippen molar-refractivity contribution < 1.29 is 18.9 Å². The van der Waals surface area contributed by atoms with Gasteiger partial charge in [0.25, 0.3) is 5.91 Å². The zero-order valence-electron chi connectivity index (χ0n) is 21.5. The summed E-state index contributed by atoms with van der Waals surface area (Å²) < 4.78 is 0.470. The van der Waals surface area contributed by atoms with E-state index in [9.17, 15) is 14.4 Å². The van der Waals surface area contributed by atoms with Gasteiger partial charge in [0.1, 0.15) is 5.78 Å². The molecular weight excluding hydrogens is 440 g/mol. The Kier molecular flexibility index (Phi) is 11.3. The van der Waals surface area contributed by atoms with Gasteiger partial charge < -0.3 is 9.38 Å². The van der Waals surface area contributed by atoms with E-state index in [-0.39, 0.29) is 37.0 Å². The van der Waals surface area contributed by atoms with Crippen LogP contribution in [-0.2, 0) is 27.5 Å². The van der Waals surface area contributed by atoms with Crippen LogP contribution in [0.2, 0.25) is 0 Å². The number of Topliss-reactive ketones (excluding diaryl/α,β-unsaturated/α-hetero) is 1. The topological polar surface area (TPSA) is 78.8 Å². The van der Waals surface area contributed by atoms with Gasteiger partial charge in [0.05, 0.1) is 21.1 Å². The lowest BCUT2D eigenvalue weighted by Crippen LogP contribution is -2.43. The lowest BCUT2D eigenvalue weighted by molar-refractivity contribution is -0.862. The van der Waals surface area contributed by atoms with Crippen molar-refractivity contribution in [2.75, 3.05) is 27.7 Å². The van der Waals surface area contributed by atoms with E-state index in [4.69, 9.17) is 0 Å². The van der Waals surface area contributed by atoms with Crippen molar-refractivity contribution in [3.63, 3.8) is 0 Å². The van der Waals surface area contributed by atoms with Crippen molar-refractivity contribution in [1.82, 2.24) is 10.3 Å². The van der Waals surface area contributed by atoms with E-state index in [1.165, 1.54) is 0 Å². The molecule has 2 aromatic rings. The first-order valence-corrected chi connectivity index (χ1v) is 12.2. The average Bonchev–Trinajstić information content (AvgIpc) is 2.80. The van der Waals surface area contributed by atoms with Gasteiger partial charge in [-0.05, 0) is 24.0 Å². The molecule has 7 heteroatoms. The number of hydrogen-bond donors (Lipinski definition) is 1.